The summed E-state index contributed by atoms with van der Waals surface area (Å²) < 4.78 is 19.6. The number of nitrogens with one attached hydrogen (secondary N) is 1. The zero-order valence-corrected chi connectivity index (χ0v) is 20.5. The van der Waals surface area contributed by atoms with E-state index in [1.807, 2.05) is 49.4 Å². The molecule has 7 heteroatoms. The molecule has 0 aliphatic rings. The molecule has 0 spiro atoms. The normalized spacial score (nSPS) is 11.5. The van der Waals surface area contributed by atoms with Gasteiger partial charge in [-0.3, -0.25) is 9.59 Å². The molecule has 1 atom stereocenters. The van der Waals surface area contributed by atoms with E-state index in [9.17, 15) is 14.0 Å². The van der Waals surface area contributed by atoms with Crippen molar-refractivity contribution >= 4 is 23.4 Å². The summed E-state index contributed by atoms with van der Waals surface area (Å²) in [5, 5.41) is 3.45. The molecule has 3 rings (SSSR count). The van der Waals surface area contributed by atoms with Gasteiger partial charge in [-0.05, 0) is 35.7 Å². The van der Waals surface area contributed by atoms with Crippen LogP contribution < -0.4 is 10.1 Å². The fraction of sp³-hybridized carbons (Fsp3) is 0.286. The third kappa shape index (κ3) is 7.82. The van der Waals surface area contributed by atoms with Crippen molar-refractivity contribution in [2.24, 2.45) is 0 Å². The van der Waals surface area contributed by atoms with Crippen LogP contribution in [-0.4, -0.2) is 35.9 Å². The van der Waals surface area contributed by atoms with Gasteiger partial charge in [0.25, 0.3) is 5.91 Å². The Balaban J connectivity index is 1.90. The number of halogens is 2. The maximum Gasteiger partial charge on any atom is 0.261 e. The summed E-state index contributed by atoms with van der Waals surface area (Å²) in [7, 11) is 0. The molecule has 0 aliphatic heterocycles. The maximum atomic E-state index is 14.1. The molecule has 3 aromatic carbocycles. The maximum absolute atomic E-state index is 14.1. The van der Waals surface area contributed by atoms with Crippen LogP contribution in [0.25, 0.3) is 0 Å². The molecule has 1 N–H and O–H groups in total. The molecule has 0 saturated carbocycles. The van der Waals surface area contributed by atoms with Gasteiger partial charge in [0, 0.05) is 24.5 Å². The Labute approximate surface area is 210 Å². The number of benzene rings is 3. The van der Waals surface area contributed by atoms with Crippen LogP contribution in [0.3, 0.4) is 0 Å². The largest absolute Gasteiger partial charge is 0.481 e. The Morgan fingerprint density at radius 3 is 2.40 bits per heavy atom. The standard InChI is InChI=1S/C28H30ClFN2O3/c1-2-3-17-31-28(34)25(18-21-11-5-4-6-12-21)32(19-22-13-7-8-14-23(22)29)27(33)20-35-26-16-10-9-15-24(26)30/h4-16,25H,2-3,17-20H2,1H3,(H,31,34)/t25-/m0/s1. The van der Waals surface area contributed by atoms with E-state index in [1.165, 1.54) is 17.0 Å². The van der Waals surface area contributed by atoms with Gasteiger partial charge in [0.1, 0.15) is 6.04 Å². The molecule has 0 aromatic heterocycles. The summed E-state index contributed by atoms with van der Waals surface area (Å²) in [6.45, 7) is 2.25. The van der Waals surface area contributed by atoms with Crippen molar-refractivity contribution in [3.63, 3.8) is 0 Å². The Morgan fingerprint density at radius 1 is 1.00 bits per heavy atom. The van der Waals surface area contributed by atoms with Gasteiger partial charge in [-0.2, -0.15) is 0 Å². The minimum atomic E-state index is -0.803. The third-order valence-electron chi connectivity index (χ3n) is 5.59. The first kappa shape index (κ1) is 26.2. The van der Waals surface area contributed by atoms with Gasteiger partial charge in [0.15, 0.2) is 18.2 Å². The van der Waals surface area contributed by atoms with E-state index in [2.05, 4.69) is 5.32 Å². The lowest BCUT2D eigenvalue weighted by Gasteiger charge is -2.31. The van der Waals surface area contributed by atoms with Crippen molar-refractivity contribution in [1.29, 1.82) is 0 Å². The molecule has 0 aliphatic carbocycles. The zero-order chi connectivity index (χ0) is 25.0. The molecule has 0 saturated heterocycles. The molecule has 0 heterocycles. The number of unbranched alkanes of at least 4 members (excludes halogenated alkanes) is 1. The fourth-order valence-electron chi connectivity index (χ4n) is 3.65. The average molecular weight is 497 g/mol. The molecule has 35 heavy (non-hydrogen) atoms. The van der Waals surface area contributed by atoms with Crippen LogP contribution in [0.15, 0.2) is 78.9 Å². The van der Waals surface area contributed by atoms with Gasteiger partial charge in [0.2, 0.25) is 5.91 Å². The van der Waals surface area contributed by atoms with Crippen LogP contribution in [0.2, 0.25) is 5.02 Å². The second-order valence-corrected chi connectivity index (χ2v) is 8.59. The second-order valence-electron chi connectivity index (χ2n) is 8.18. The highest BCUT2D eigenvalue weighted by molar-refractivity contribution is 6.31. The Morgan fingerprint density at radius 2 is 1.69 bits per heavy atom. The van der Waals surface area contributed by atoms with Gasteiger partial charge in [-0.25, -0.2) is 4.39 Å². The number of carbonyl (C=O) groups excluding carboxylic acids is 2. The molecular formula is C28H30ClFN2O3. The Hall–Kier alpha value is -3.38. The van der Waals surface area contributed by atoms with E-state index in [4.69, 9.17) is 16.3 Å². The summed E-state index contributed by atoms with van der Waals surface area (Å²) >= 11 is 6.39. The summed E-state index contributed by atoms with van der Waals surface area (Å²) in [5.41, 5.74) is 1.61. The van der Waals surface area contributed by atoms with Gasteiger partial charge < -0.3 is 15.0 Å². The Bertz CT molecular complexity index is 1110. The quantitative estimate of drug-likeness (QED) is 0.341. The van der Waals surface area contributed by atoms with Crippen molar-refractivity contribution < 1.29 is 18.7 Å². The number of para-hydroxylation sites is 1. The molecule has 5 nitrogen and oxygen atoms in total. The fourth-order valence-corrected chi connectivity index (χ4v) is 3.85. The lowest BCUT2D eigenvalue weighted by Crippen LogP contribution is -2.51. The van der Waals surface area contributed by atoms with Crippen LogP contribution in [0.1, 0.15) is 30.9 Å². The predicted octanol–water partition coefficient (Wildman–Crippen LogP) is 5.41. The minimum Gasteiger partial charge on any atom is -0.481 e. The van der Waals surface area contributed by atoms with E-state index < -0.39 is 24.4 Å². The number of hydrogen-bond donors (Lipinski definition) is 1. The molecular weight excluding hydrogens is 467 g/mol. The number of hydrogen-bond acceptors (Lipinski definition) is 3. The molecule has 0 fully saturated rings. The predicted molar refractivity (Wildman–Crippen MR) is 136 cm³/mol. The number of amides is 2. The van der Waals surface area contributed by atoms with Crippen molar-refractivity contribution in [1.82, 2.24) is 10.2 Å². The lowest BCUT2D eigenvalue weighted by molar-refractivity contribution is -0.142. The van der Waals surface area contributed by atoms with Crippen molar-refractivity contribution in [3.05, 3.63) is 101 Å². The first-order valence-corrected chi connectivity index (χ1v) is 12.1. The number of nitrogens with zero attached hydrogens (tertiary/aromatic N) is 1. The monoisotopic (exact) mass is 496 g/mol. The summed E-state index contributed by atoms with van der Waals surface area (Å²) in [6, 6.07) is 21.8. The second kappa shape index (κ2) is 13.5. The van der Waals surface area contributed by atoms with Crippen molar-refractivity contribution in [2.45, 2.75) is 38.8 Å². The highest BCUT2D eigenvalue weighted by Gasteiger charge is 2.31. The van der Waals surface area contributed by atoms with Crippen LogP contribution in [-0.2, 0) is 22.6 Å². The summed E-state index contributed by atoms with van der Waals surface area (Å²) in [6.07, 6.45) is 2.08. The highest BCUT2D eigenvalue weighted by atomic mass is 35.5. The minimum absolute atomic E-state index is 0.0226. The van der Waals surface area contributed by atoms with Crippen LogP contribution in [0.5, 0.6) is 5.75 Å². The van der Waals surface area contributed by atoms with Crippen LogP contribution in [0, 0.1) is 5.82 Å². The zero-order valence-electron chi connectivity index (χ0n) is 19.8. The summed E-state index contributed by atoms with van der Waals surface area (Å²) in [5.74, 6) is -1.28. The Kier molecular flexibility index (Phi) is 10.1. The van der Waals surface area contributed by atoms with Crippen molar-refractivity contribution in [3.8, 4) is 5.75 Å². The van der Waals surface area contributed by atoms with E-state index in [0.717, 1.165) is 18.4 Å². The number of rotatable bonds is 12. The number of ether oxygens (including phenoxy) is 1. The molecule has 0 radical (unpaired) electrons. The van der Waals surface area contributed by atoms with E-state index in [1.54, 1.807) is 24.3 Å². The van der Waals surface area contributed by atoms with Crippen LogP contribution in [0.4, 0.5) is 4.39 Å². The molecule has 184 valence electrons. The molecule has 3 aromatic rings. The summed E-state index contributed by atoms with van der Waals surface area (Å²) in [4.78, 5) is 28.3. The van der Waals surface area contributed by atoms with Gasteiger partial charge in [-0.15, -0.1) is 0 Å². The van der Waals surface area contributed by atoms with E-state index in [0.29, 0.717) is 23.6 Å². The lowest BCUT2D eigenvalue weighted by atomic mass is 10.0. The van der Waals surface area contributed by atoms with Gasteiger partial charge in [0.05, 0.1) is 0 Å². The number of carbonyl (C=O) groups is 2. The molecule has 0 bridgehead atoms. The first-order chi connectivity index (χ1) is 17.0. The van der Waals surface area contributed by atoms with E-state index in [-0.39, 0.29) is 18.2 Å². The van der Waals surface area contributed by atoms with Crippen molar-refractivity contribution in [2.75, 3.05) is 13.2 Å². The third-order valence-corrected chi connectivity index (χ3v) is 5.96. The van der Waals surface area contributed by atoms with E-state index >= 15 is 0 Å². The average Bonchev–Trinajstić information content (AvgIpc) is 2.87. The van der Waals surface area contributed by atoms with Crippen LogP contribution >= 0.6 is 11.6 Å². The first-order valence-electron chi connectivity index (χ1n) is 11.7. The smallest absolute Gasteiger partial charge is 0.261 e. The van der Waals surface area contributed by atoms with Gasteiger partial charge >= 0.3 is 0 Å². The SMILES string of the molecule is CCCCNC(=O)[C@H](Cc1ccccc1)N(Cc1ccccc1Cl)C(=O)COc1ccccc1F. The highest BCUT2D eigenvalue weighted by Crippen LogP contribution is 2.21. The van der Waals surface area contributed by atoms with Gasteiger partial charge in [-0.1, -0.05) is 85.6 Å². The topological polar surface area (TPSA) is 58.6 Å². The molecule has 0 unspecified atom stereocenters. The molecule has 2 amide bonds.